The van der Waals surface area contributed by atoms with Gasteiger partial charge in [-0.2, -0.15) is 0 Å². The lowest BCUT2D eigenvalue weighted by molar-refractivity contribution is -0.125. The zero-order chi connectivity index (χ0) is 13.8. The fourth-order valence-corrected chi connectivity index (χ4v) is 2.15. The average Bonchev–Trinajstić information content (AvgIpc) is 2.34. The van der Waals surface area contributed by atoms with E-state index in [1.165, 1.54) is 0 Å². The van der Waals surface area contributed by atoms with Crippen LogP contribution in [-0.2, 0) is 9.59 Å². The molecule has 0 atom stereocenters. The highest BCUT2D eigenvalue weighted by molar-refractivity contribution is 6.35. The largest absolute Gasteiger partial charge is 0.354 e. The van der Waals surface area contributed by atoms with Crippen LogP contribution < -0.4 is 10.6 Å². The molecular weight excluding hydrogens is 289 g/mol. The van der Waals surface area contributed by atoms with E-state index in [1.807, 2.05) is 0 Å². The number of carbonyl (C=O) groups is 2. The van der Waals surface area contributed by atoms with Gasteiger partial charge in [-0.25, -0.2) is 0 Å². The molecule has 0 radical (unpaired) electrons. The first-order valence-corrected chi connectivity index (χ1v) is 6.54. The predicted octanol–water partition coefficient (Wildman–Crippen LogP) is 1.36. The van der Waals surface area contributed by atoms with E-state index < -0.39 is 0 Å². The normalized spacial score (nSPS) is 16.0. The molecule has 0 spiro atoms. The average molecular weight is 302 g/mol. The molecule has 1 aromatic rings. The van der Waals surface area contributed by atoms with E-state index in [-0.39, 0.29) is 24.9 Å². The van der Waals surface area contributed by atoms with Crippen LogP contribution in [0.25, 0.3) is 0 Å². The maximum Gasteiger partial charge on any atom is 0.238 e. The molecule has 1 saturated heterocycles. The lowest BCUT2D eigenvalue weighted by atomic mass is 10.3. The second-order valence-electron chi connectivity index (χ2n) is 4.23. The van der Waals surface area contributed by atoms with Crippen LogP contribution in [0.1, 0.15) is 0 Å². The summed E-state index contributed by atoms with van der Waals surface area (Å²) in [5.74, 6) is -0.293. The van der Waals surface area contributed by atoms with Crippen LogP contribution in [0.15, 0.2) is 18.2 Å². The summed E-state index contributed by atoms with van der Waals surface area (Å²) in [6.07, 6.45) is 0. The summed E-state index contributed by atoms with van der Waals surface area (Å²) in [6, 6.07) is 4.85. The van der Waals surface area contributed by atoms with Crippen LogP contribution in [-0.4, -0.2) is 42.9 Å². The van der Waals surface area contributed by atoms with Crippen LogP contribution >= 0.6 is 23.2 Å². The summed E-state index contributed by atoms with van der Waals surface area (Å²) in [4.78, 5) is 24.8. The Morgan fingerprint density at radius 1 is 1.42 bits per heavy atom. The van der Waals surface area contributed by atoms with Crippen molar-refractivity contribution in [2.75, 3.05) is 31.5 Å². The van der Waals surface area contributed by atoms with Crippen molar-refractivity contribution in [3.8, 4) is 0 Å². The first kappa shape index (κ1) is 14.1. The third-order valence-electron chi connectivity index (χ3n) is 2.69. The number of anilines is 1. The van der Waals surface area contributed by atoms with E-state index in [4.69, 9.17) is 23.2 Å². The highest BCUT2D eigenvalue weighted by Gasteiger charge is 2.18. The number of nitrogens with one attached hydrogen (secondary N) is 2. The van der Waals surface area contributed by atoms with Gasteiger partial charge in [-0.3, -0.25) is 14.5 Å². The zero-order valence-corrected chi connectivity index (χ0v) is 11.6. The summed E-state index contributed by atoms with van der Waals surface area (Å²) in [5.41, 5.74) is 0.473. The molecule has 2 amide bonds. The van der Waals surface area contributed by atoms with E-state index in [0.717, 1.165) is 0 Å². The third kappa shape index (κ3) is 4.09. The van der Waals surface area contributed by atoms with Crippen molar-refractivity contribution in [3.63, 3.8) is 0 Å². The Labute approximate surface area is 120 Å². The summed E-state index contributed by atoms with van der Waals surface area (Å²) >= 11 is 11.8. The van der Waals surface area contributed by atoms with Gasteiger partial charge in [-0.15, -0.1) is 0 Å². The van der Waals surface area contributed by atoms with Gasteiger partial charge in [0.25, 0.3) is 0 Å². The Hall–Kier alpha value is -1.30. The van der Waals surface area contributed by atoms with Gasteiger partial charge >= 0.3 is 0 Å². The fourth-order valence-electron chi connectivity index (χ4n) is 1.81. The molecule has 0 aromatic heterocycles. The number of benzene rings is 1. The van der Waals surface area contributed by atoms with Crippen LogP contribution in [0.2, 0.25) is 10.0 Å². The SMILES string of the molecule is O=C1CN(CC(=O)Nc2cc(Cl)ccc2Cl)CCN1. The summed E-state index contributed by atoms with van der Waals surface area (Å²) in [7, 11) is 0. The molecule has 1 fully saturated rings. The molecule has 2 rings (SSSR count). The standard InChI is InChI=1S/C12H13Cl2N3O2/c13-8-1-2-9(14)10(5-8)16-12(19)7-17-4-3-15-11(18)6-17/h1-2,5H,3-4,6-7H2,(H,15,18)(H,16,19). The summed E-state index contributed by atoms with van der Waals surface area (Å²) in [5, 5.41) is 6.31. The van der Waals surface area contributed by atoms with Crippen LogP contribution in [0.5, 0.6) is 0 Å². The number of amides is 2. The molecule has 1 heterocycles. The van der Waals surface area contributed by atoms with E-state index in [1.54, 1.807) is 23.1 Å². The molecule has 5 nitrogen and oxygen atoms in total. The first-order chi connectivity index (χ1) is 9.04. The number of hydrogen-bond donors (Lipinski definition) is 2. The molecule has 0 saturated carbocycles. The Balaban J connectivity index is 1.93. The van der Waals surface area contributed by atoms with E-state index >= 15 is 0 Å². The number of hydrogen-bond acceptors (Lipinski definition) is 3. The van der Waals surface area contributed by atoms with Crippen molar-refractivity contribution in [1.29, 1.82) is 0 Å². The minimum atomic E-state index is -0.223. The lowest BCUT2D eigenvalue weighted by Gasteiger charge is -2.25. The second-order valence-corrected chi connectivity index (χ2v) is 5.08. The minimum Gasteiger partial charge on any atom is -0.354 e. The zero-order valence-electron chi connectivity index (χ0n) is 10.1. The number of piperazine rings is 1. The molecule has 0 unspecified atom stereocenters. The van der Waals surface area contributed by atoms with Gasteiger partial charge in [-0.1, -0.05) is 23.2 Å². The molecule has 102 valence electrons. The van der Waals surface area contributed by atoms with Crippen molar-refractivity contribution < 1.29 is 9.59 Å². The maximum atomic E-state index is 11.9. The van der Waals surface area contributed by atoms with Crippen LogP contribution in [0.4, 0.5) is 5.69 Å². The maximum absolute atomic E-state index is 11.9. The van der Waals surface area contributed by atoms with Crippen molar-refractivity contribution >= 4 is 40.7 Å². The number of rotatable bonds is 3. The van der Waals surface area contributed by atoms with Gasteiger partial charge < -0.3 is 10.6 Å². The topological polar surface area (TPSA) is 61.4 Å². The molecule has 2 N–H and O–H groups in total. The summed E-state index contributed by atoms with van der Waals surface area (Å²) < 4.78 is 0. The quantitative estimate of drug-likeness (QED) is 0.886. The van der Waals surface area contributed by atoms with Crippen LogP contribution in [0, 0.1) is 0 Å². The number of nitrogens with zero attached hydrogens (tertiary/aromatic N) is 1. The van der Waals surface area contributed by atoms with Crippen molar-refractivity contribution in [3.05, 3.63) is 28.2 Å². The fraction of sp³-hybridized carbons (Fsp3) is 0.333. The monoisotopic (exact) mass is 301 g/mol. The van der Waals surface area contributed by atoms with Crippen molar-refractivity contribution in [1.82, 2.24) is 10.2 Å². The van der Waals surface area contributed by atoms with E-state index in [2.05, 4.69) is 10.6 Å². The Morgan fingerprint density at radius 2 is 2.21 bits per heavy atom. The molecule has 1 aliphatic rings. The molecule has 1 aliphatic heterocycles. The smallest absolute Gasteiger partial charge is 0.238 e. The number of halogens is 2. The van der Waals surface area contributed by atoms with E-state index in [9.17, 15) is 9.59 Å². The third-order valence-corrected chi connectivity index (χ3v) is 3.25. The second kappa shape index (κ2) is 6.23. The van der Waals surface area contributed by atoms with E-state index in [0.29, 0.717) is 28.8 Å². The molecule has 1 aromatic carbocycles. The van der Waals surface area contributed by atoms with Gasteiger partial charge in [0.15, 0.2) is 0 Å². The van der Waals surface area contributed by atoms with Gasteiger partial charge in [0, 0.05) is 18.1 Å². The molecule has 0 aliphatic carbocycles. The molecule has 19 heavy (non-hydrogen) atoms. The van der Waals surface area contributed by atoms with Gasteiger partial charge in [-0.05, 0) is 18.2 Å². The highest BCUT2D eigenvalue weighted by Crippen LogP contribution is 2.25. The number of carbonyl (C=O) groups excluding carboxylic acids is 2. The van der Waals surface area contributed by atoms with Gasteiger partial charge in [0.1, 0.15) is 0 Å². The van der Waals surface area contributed by atoms with Gasteiger partial charge in [0.05, 0.1) is 23.8 Å². The Bertz CT molecular complexity index is 508. The predicted molar refractivity (Wildman–Crippen MR) is 74.5 cm³/mol. The van der Waals surface area contributed by atoms with Crippen molar-refractivity contribution in [2.24, 2.45) is 0 Å². The highest BCUT2D eigenvalue weighted by atomic mass is 35.5. The first-order valence-electron chi connectivity index (χ1n) is 5.78. The van der Waals surface area contributed by atoms with Gasteiger partial charge in [0.2, 0.25) is 11.8 Å². The molecular formula is C12H13Cl2N3O2. The molecule has 0 bridgehead atoms. The minimum absolute atomic E-state index is 0.0696. The lowest BCUT2D eigenvalue weighted by Crippen LogP contribution is -2.49. The summed E-state index contributed by atoms with van der Waals surface area (Å²) in [6.45, 7) is 1.60. The Morgan fingerprint density at radius 3 is 2.95 bits per heavy atom. The van der Waals surface area contributed by atoms with Crippen molar-refractivity contribution in [2.45, 2.75) is 0 Å². The molecule has 7 heteroatoms. The van der Waals surface area contributed by atoms with Crippen LogP contribution in [0.3, 0.4) is 0 Å². The Kier molecular flexibility index (Phi) is 4.63.